The zero-order chi connectivity index (χ0) is 15.5. The van der Waals surface area contributed by atoms with E-state index >= 15 is 0 Å². The number of benzene rings is 2. The Hall–Kier alpha value is -3.06. The standard InChI is InChI=1S/C18H15N3O/c1-12-2-7-16-14(11-20-17(16)8-12)9-18(22)21-15-5-3-13(10-19)4-6-15/h2-8,11,20H,9H2,1H3,(H,21,22). The highest BCUT2D eigenvalue weighted by molar-refractivity contribution is 5.95. The number of anilines is 1. The molecule has 0 fully saturated rings. The fourth-order valence-corrected chi connectivity index (χ4v) is 2.45. The van der Waals surface area contributed by atoms with E-state index < -0.39 is 0 Å². The van der Waals surface area contributed by atoms with E-state index in [1.54, 1.807) is 24.3 Å². The van der Waals surface area contributed by atoms with Crippen LogP contribution in [0, 0.1) is 18.3 Å². The third kappa shape index (κ3) is 2.84. The molecule has 4 heteroatoms. The van der Waals surface area contributed by atoms with Gasteiger partial charge in [0.15, 0.2) is 0 Å². The molecule has 0 atom stereocenters. The molecule has 1 heterocycles. The van der Waals surface area contributed by atoms with Gasteiger partial charge in [-0.2, -0.15) is 5.26 Å². The first kappa shape index (κ1) is 13.9. The molecule has 4 nitrogen and oxygen atoms in total. The van der Waals surface area contributed by atoms with Crippen LogP contribution in [-0.2, 0) is 11.2 Å². The van der Waals surface area contributed by atoms with Crippen molar-refractivity contribution in [3.63, 3.8) is 0 Å². The summed E-state index contributed by atoms with van der Waals surface area (Å²) in [5.74, 6) is -0.0776. The summed E-state index contributed by atoms with van der Waals surface area (Å²) in [4.78, 5) is 15.4. The number of aromatic amines is 1. The van der Waals surface area contributed by atoms with Crippen LogP contribution >= 0.6 is 0 Å². The Morgan fingerprint density at radius 1 is 1.23 bits per heavy atom. The Bertz CT molecular complexity index is 869. The molecule has 0 saturated carbocycles. The number of nitrogens with one attached hydrogen (secondary N) is 2. The van der Waals surface area contributed by atoms with E-state index in [4.69, 9.17) is 5.26 Å². The summed E-state index contributed by atoms with van der Waals surface area (Å²) in [5.41, 5.74) is 4.47. The number of nitriles is 1. The van der Waals surface area contributed by atoms with Gasteiger partial charge < -0.3 is 10.3 Å². The average molecular weight is 289 g/mol. The predicted molar refractivity (Wildman–Crippen MR) is 86.5 cm³/mol. The summed E-state index contributed by atoms with van der Waals surface area (Å²) < 4.78 is 0. The van der Waals surface area contributed by atoms with E-state index in [1.165, 1.54) is 5.56 Å². The molecule has 1 aromatic heterocycles. The fourth-order valence-electron chi connectivity index (χ4n) is 2.45. The Labute approximate surface area is 128 Å². The number of carbonyl (C=O) groups excluding carboxylic acids is 1. The highest BCUT2D eigenvalue weighted by Gasteiger charge is 2.09. The van der Waals surface area contributed by atoms with Gasteiger partial charge in [-0.15, -0.1) is 0 Å². The number of rotatable bonds is 3. The molecule has 0 saturated heterocycles. The van der Waals surface area contributed by atoms with Gasteiger partial charge >= 0.3 is 0 Å². The van der Waals surface area contributed by atoms with Crippen molar-refractivity contribution in [1.82, 2.24) is 4.98 Å². The van der Waals surface area contributed by atoms with Gasteiger partial charge in [-0.25, -0.2) is 0 Å². The summed E-state index contributed by atoms with van der Waals surface area (Å²) in [7, 11) is 0. The summed E-state index contributed by atoms with van der Waals surface area (Å²) in [5, 5.41) is 12.7. The summed E-state index contributed by atoms with van der Waals surface area (Å²) in [6.45, 7) is 2.04. The van der Waals surface area contributed by atoms with Crippen molar-refractivity contribution in [2.75, 3.05) is 5.32 Å². The van der Waals surface area contributed by atoms with Crippen molar-refractivity contribution in [1.29, 1.82) is 5.26 Å². The summed E-state index contributed by atoms with van der Waals surface area (Å²) >= 11 is 0. The molecule has 2 aromatic carbocycles. The van der Waals surface area contributed by atoms with Crippen LogP contribution in [0.3, 0.4) is 0 Å². The molecule has 0 spiro atoms. The molecule has 22 heavy (non-hydrogen) atoms. The molecular formula is C18H15N3O. The van der Waals surface area contributed by atoms with Gasteiger partial charge in [0.1, 0.15) is 0 Å². The molecule has 2 N–H and O–H groups in total. The van der Waals surface area contributed by atoms with Crippen molar-refractivity contribution in [3.8, 4) is 6.07 Å². The smallest absolute Gasteiger partial charge is 0.228 e. The summed E-state index contributed by atoms with van der Waals surface area (Å²) in [6, 6.07) is 15.0. The van der Waals surface area contributed by atoms with Crippen molar-refractivity contribution >= 4 is 22.5 Å². The number of fused-ring (bicyclic) bond motifs is 1. The quantitative estimate of drug-likeness (QED) is 0.774. The van der Waals surface area contributed by atoms with Gasteiger partial charge in [-0.05, 0) is 48.4 Å². The number of nitrogens with zero attached hydrogens (tertiary/aromatic N) is 1. The maximum atomic E-state index is 12.2. The first-order valence-electron chi connectivity index (χ1n) is 7.02. The van der Waals surface area contributed by atoms with Crippen molar-refractivity contribution < 1.29 is 4.79 Å². The maximum absolute atomic E-state index is 12.2. The SMILES string of the molecule is Cc1ccc2c(CC(=O)Nc3ccc(C#N)cc3)c[nH]c2c1. The van der Waals surface area contributed by atoms with Crippen LogP contribution in [0.4, 0.5) is 5.69 Å². The lowest BCUT2D eigenvalue weighted by Gasteiger charge is -2.05. The molecule has 0 aliphatic carbocycles. The first-order valence-corrected chi connectivity index (χ1v) is 7.02. The maximum Gasteiger partial charge on any atom is 0.228 e. The number of hydrogen-bond acceptors (Lipinski definition) is 2. The Kier molecular flexibility index (Phi) is 3.63. The molecule has 0 unspecified atom stereocenters. The number of aromatic nitrogens is 1. The molecule has 3 aromatic rings. The molecule has 3 rings (SSSR count). The number of amides is 1. The number of carbonyl (C=O) groups is 1. The molecular weight excluding hydrogens is 274 g/mol. The minimum atomic E-state index is -0.0776. The van der Waals surface area contributed by atoms with Gasteiger partial charge in [0.25, 0.3) is 0 Å². The number of H-pyrrole nitrogens is 1. The lowest BCUT2D eigenvalue weighted by molar-refractivity contribution is -0.115. The summed E-state index contributed by atoms with van der Waals surface area (Å²) in [6.07, 6.45) is 2.19. The molecule has 108 valence electrons. The highest BCUT2D eigenvalue weighted by Crippen LogP contribution is 2.20. The van der Waals surface area contributed by atoms with E-state index in [9.17, 15) is 4.79 Å². The Balaban J connectivity index is 1.74. The van der Waals surface area contributed by atoms with Crippen molar-refractivity contribution in [2.24, 2.45) is 0 Å². The molecule has 0 aliphatic heterocycles. The van der Waals surface area contributed by atoms with Crippen LogP contribution in [0.2, 0.25) is 0 Å². The second-order valence-corrected chi connectivity index (χ2v) is 5.28. The Morgan fingerprint density at radius 2 is 2.00 bits per heavy atom. The van der Waals surface area contributed by atoms with Crippen LogP contribution in [0.15, 0.2) is 48.7 Å². The molecule has 0 radical (unpaired) electrons. The van der Waals surface area contributed by atoms with Gasteiger partial charge in [-0.3, -0.25) is 4.79 Å². The molecule has 0 aliphatic rings. The third-order valence-electron chi connectivity index (χ3n) is 3.57. The molecule has 0 bridgehead atoms. The van der Waals surface area contributed by atoms with Crippen LogP contribution < -0.4 is 5.32 Å². The highest BCUT2D eigenvalue weighted by atomic mass is 16.1. The van der Waals surface area contributed by atoms with Crippen LogP contribution in [0.25, 0.3) is 10.9 Å². The van der Waals surface area contributed by atoms with Crippen LogP contribution in [0.5, 0.6) is 0 Å². The van der Waals surface area contributed by atoms with Gasteiger partial charge in [0.05, 0.1) is 18.1 Å². The lowest BCUT2D eigenvalue weighted by atomic mass is 10.1. The van der Waals surface area contributed by atoms with Crippen molar-refractivity contribution in [3.05, 3.63) is 65.4 Å². The topological polar surface area (TPSA) is 68.7 Å². The normalized spacial score (nSPS) is 10.4. The van der Waals surface area contributed by atoms with Crippen LogP contribution in [-0.4, -0.2) is 10.9 Å². The largest absolute Gasteiger partial charge is 0.361 e. The second kappa shape index (κ2) is 5.74. The van der Waals surface area contributed by atoms with E-state index in [-0.39, 0.29) is 5.91 Å². The van der Waals surface area contributed by atoms with E-state index in [0.29, 0.717) is 17.7 Å². The average Bonchev–Trinajstić information content (AvgIpc) is 2.90. The van der Waals surface area contributed by atoms with Gasteiger partial charge in [-0.1, -0.05) is 12.1 Å². The van der Waals surface area contributed by atoms with Gasteiger partial charge in [0, 0.05) is 22.8 Å². The van der Waals surface area contributed by atoms with Gasteiger partial charge in [0.2, 0.25) is 5.91 Å². The minimum absolute atomic E-state index is 0.0776. The first-order chi connectivity index (χ1) is 10.7. The van der Waals surface area contributed by atoms with Crippen molar-refractivity contribution in [2.45, 2.75) is 13.3 Å². The Morgan fingerprint density at radius 3 is 2.73 bits per heavy atom. The zero-order valence-corrected chi connectivity index (χ0v) is 12.2. The molecule has 1 amide bonds. The zero-order valence-electron chi connectivity index (χ0n) is 12.2. The van der Waals surface area contributed by atoms with E-state index in [2.05, 4.69) is 22.4 Å². The number of hydrogen-bond donors (Lipinski definition) is 2. The monoisotopic (exact) mass is 289 g/mol. The predicted octanol–water partition coefficient (Wildman–Crippen LogP) is 3.53. The second-order valence-electron chi connectivity index (χ2n) is 5.28. The van der Waals surface area contributed by atoms with E-state index in [0.717, 1.165) is 16.5 Å². The fraction of sp³-hybridized carbons (Fsp3) is 0.111. The van der Waals surface area contributed by atoms with Crippen LogP contribution in [0.1, 0.15) is 16.7 Å². The lowest BCUT2D eigenvalue weighted by Crippen LogP contribution is -2.14. The third-order valence-corrected chi connectivity index (χ3v) is 3.57. The number of aryl methyl sites for hydroxylation is 1. The minimum Gasteiger partial charge on any atom is -0.361 e. The van der Waals surface area contributed by atoms with E-state index in [1.807, 2.05) is 25.3 Å².